The summed E-state index contributed by atoms with van der Waals surface area (Å²) in [5.41, 5.74) is 0. The highest BCUT2D eigenvalue weighted by atomic mass is 16.5. The van der Waals surface area contributed by atoms with Crippen molar-refractivity contribution in [1.29, 1.82) is 0 Å². The Morgan fingerprint density at radius 3 is 1.33 bits per heavy atom. The monoisotopic (exact) mass is 550 g/mol. The minimum atomic E-state index is -0.925. The number of aliphatic carboxylic acids is 1. The Balaban J connectivity index is 3.37. The number of hydrogen-bond donors (Lipinski definition) is 1. The molecule has 0 amide bonds. The molecule has 0 aromatic rings. The molecule has 39 heavy (non-hydrogen) atoms. The lowest BCUT2D eigenvalue weighted by Gasteiger charge is -2.13. The van der Waals surface area contributed by atoms with Gasteiger partial charge in [-0.15, -0.1) is 0 Å². The molecule has 0 aliphatic rings. The van der Waals surface area contributed by atoms with Gasteiger partial charge < -0.3 is 9.84 Å². The number of carbonyl (C=O) groups excluding carboxylic acids is 1. The average Bonchev–Trinajstić information content (AvgIpc) is 2.92. The van der Waals surface area contributed by atoms with E-state index in [4.69, 9.17) is 9.84 Å². The molecule has 0 heterocycles. The van der Waals surface area contributed by atoms with Crippen LogP contribution in [-0.2, 0) is 14.3 Å². The smallest absolute Gasteiger partial charge is 0.309 e. The van der Waals surface area contributed by atoms with Crippen LogP contribution in [0.5, 0.6) is 0 Å². The number of ether oxygens (including phenoxy) is 1. The molecule has 0 aromatic carbocycles. The Morgan fingerprint density at radius 1 is 0.564 bits per heavy atom. The van der Waals surface area contributed by atoms with Crippen molar-refractivity contribution in [3.63, 3.8) is 0 Å². The number of hydrogen-bond acceptors (Lipinski definition) is 3. The van der Waals surface area contributed by atoms with Gasteiger partial charge in [-0.2, -0.15) is 0 Å². The van der Waals surface area contributed by atoms with Crippen LogP contribution in [0.15, 0.2) is 12.2 Å². The first-order chi connectivity index (χ1) is 19.1. The zero-order chi connectivity index (χ0) is 28.7. The summed E-state index contributed by atoms with van der Waals surface area (Å²) in [6.07, 6.45) is 38.1. The van der Waals surface area contributed by atoms with Gasteiger partial charge in [-0.3, -0.25) is 9.59 Å². The molecule has 0 saturated heterocycles. The van der Waals surface area contributed by atoms with Gasteiger partial charge in [0.15, 0.2) is 0 Å². The van der Waals surface area contributed by atoms with Gasteiger partial charge in [-0.05, 0) is 38.5 Å². The zero-order valence-electron chi connectivity index (χ0n) is 26.2. The number of carboxylic acids is 1. The van der Waals surface area contributed by atoms with Crippen molar-refractivity contribution in [2.75, 3.05) is 6.61 Å². The van der Waals surface area contributed by atoms with E-state index in [0.29, 0.717) is 13.0 Å². The molecule has 0 radical (unpaired) electrons. The van der Waals surface area contributed by atoms with Crippen LogP contribution < -0.4 is 0 Å². The second kappa shape index (κ2) is 31.2. The topological polar surface area (TPSA) is 63.6 Å². The first-order valence-corrected chi connectivity index (χ1v) is 17.1. The Bertz CT molecular complexity index is 557. The SMILES string of the molecule is CCCCCCCCCCCCCCCCCCCCC/C=C/CCCCCC(CC(=O)O)C(=O)OCCC. The number of rotatable bonds is 31. The van der Waals surface area contributed by atoms with Gasteiger partial charge in [0.25, 0.3) is 0 Å². The fourth-order valence-electron chi connectivity index (χ4n) is 5.24. The highest BCUT2D eigenvalue weighted by molar-refractivity contribution is 5.79. The Labute approximate surface area is 243 Å². The molecule has 0 aromatic heterocycles. The van der Waals surface area contributed by atoms with Crippen LogP contribution in [0.25, 0.3) is 0 Å². The van der Waals surface area contributed by atoms with E-state index in [9.17, 15) is 9.59 Å². The quantitative estimate of drug-likeness (QED) is 0.0529. The molecule has 1 unspecified atom stereocenters. The van der Waals surface area contributed by atoms with Crippen LogP contribution in [0.2, 0.25) is 0 Å². The molecule has 0 aliphatic carbocycles. The summed E-state index contributed by atoms with van der Waals surface area (Å²) in [7, 11) is 0. The van der Waals surface area contributed by atoms with Gasteiger partial charge in [0.05, 0.1) is 18.9 Å². The van der Waals surface area contributed by atoms with Crippen molar-refractivity contribution in [1.82, 2.24) is 0 Å². The van der Waals surface area contributed by atoms with E-state index in [-0.39, 0.29) is 12.4 Å². The summed E-state index contributed by atoms with van der Waals surface area (Å²) in [5.74, 6) is -1.77. The third kappa shape index (κ3) is 29.5. The van der Waals surface area contributed by atoms with Gasteiger partial charge >= 0.3 is 11.9 Å². The van der Waals surface area contributed by atoms with Crippen molar-refractivity contribution in [3.05, 3.63) is 12.2 Å². The molecule has 0 rings (SSSR count). The summed E-state index contributed by atoms with van der Waals surface area (Å²) < 4.78 is 5.15. The molecule has 1 N–H and O–H groups in total. The van der Waals surface area contributed by atoms with Crippen molar-refractivity contribution in [2.45, 2.75) is 187 Å². The first-order valence-electron chi connectivity index (χ1n) is 17.1. The fraction of sp³-hybridized carbons (Fsp3) is 0.886. The first kappa shape index (κ1) is 37.7. The second-order valence-corrected chi connectivity index (χ2v) is 11.7. The van der Waals surface area contributed by atoms with E-state index < -0.39 is 11.9 Å². The molecular weight excluding hydrogens is 484 g/mol. The normalized spacial score (nSPS) is 12.3. The molecule has 0 spiro atoms. The molecule has 0 saturated carbocycles. The van der Waals surface area contributed by atoms with Crippen LogP contribution >= 0.6 is 0 Å². The van der Waals surface area contributed by atoms with Gasteiger partial charge in [-0.1, -0.05) is 154 Å². The molecule has 0 bridgehead atoms. The predicted molar refractivity (Wildman–Crippen MR) is 167 cm³/mol. The number of carboxylic acid groups (broad SMARTS) is 1. The van der Waals surface area contributed by atoms with Gasteiger partial charge in [0, 0.05) is 0 Å². The maximum atomic E-state index is 12.0. The van der Waals surface area contributed by atoms with Crippen LogP contribution in [-0.4, -0.2) is 23.7 Å². The van der Waals surface area contributed by atoms with E-state index in [0.717, 1.165) is 32.1 Å². The van der Waals surface area contributed by atoms with E-state index >= 15 is 0 Å². The van der Waals surface area contributed by atoms with Crippen LogP contribution in [0, 0.1) is 5.92 Å². The zero-order valence-corrected chi connectivity index (χ0v) is 26.2. The maximum Gasteiger partial charge on any atom is 0.309 e. The molecule has 4 heteroatoms. The Morgan fingerprint density at radius 2 is 0.949 bits per heavy atom. The van der Waals surface area contributed by atoms with Crippen LogP contribution in [0.3, 0.4) is 0 Å². The van der Waals surface area contributed by atoms with Crippen molar-refractivity contribution in [2.24, 2.45) is 5.92 Å². The third-order valence-electron chi connectivity index (χ3n) is 7.77. The summed E-state index contributed by atoms with van der Waals surface area (Å²) >= 11 is 0. The molecule has 1 atom stereocenters. The van der Waals surface area contributed by atoms with Gasteiger partial charge in [0.2, 0.25) is 0 Å². The van der Waals surface area contributed by atoms with E-state index in [1.54, 1.807) is 0 Å². The van der Waals surface area contributed by atoms with Gasteiger partial charge in [-0.25, -0.2) is 0 Å². The fourth-order valence-corrected chi connectivity index (χ4v) is 5.24. The summed E-state index contributed by atoms with van der Waals surface area (Å²) in [5, 5.41) is 9.04. The average molecular weight is 551 g/mol. The number of carbonyl (C=O) groups is 2. The van der Waals surface area contributed by atoms with E-state index in [2.05, 4.69) is 19.1 Å². The van der Waals surface area contributed by atoms with Gasteiger partial charge in [0.1, 0.15) is 0 Å². The Hall–Kier alpha value is -1.32. The lowest BCUT2D eigenvalue weighted by Crippen LogP contribution is -2.21. The standard InChI is InChI=1S/C35H66O4/c1-3-5-6-7-8-9-10-11-12-13-14-15-16-17-18-19-20-21-22-23-24-25-26-27-28-29-30-33(32-34(36)37)35(38)39-31-4-2/h24-25,33H,3-23,26-32H2,1-2H3,(H,36,37)/b25-24+. The minimum Gasteiger partial charge on any atom is -0.481 e. The van der Waals surface area contributed by atoms with Crippen LogP contribution in [0.1, 0.15) is 187 Å². The van der Waals surface area contributed by atoms with E-state index in [1.165, 1.54) is 128 Å². The summed E-state index contributed by atoms with van der Waals surface area (Å²) in [6, 6.07) is 0. The largest absolute Gasteiger partial charge is 0.481 e. The molecule has 0 aliphatic heterocycles. The molecule has 230 valence electrons. The lowest BCUT2D eigenvalue weighted by atomic mass is 9.97. The van der Waals surface area contributed by atoms with Crippen molar-refractivity contribution in [3.8, 4) is 0 Å². The Kier molecular flexibility index (Phi) is 30.2. The van der Waals surface area contributed by atoms with Crippen molar-refractivity contribution < 1.29 is 19.4 Å². The van der Waals surface area contributed by atoms with Crippen molar-refractivity contribution >= 4 is 11.9 Å². The third-order valence-corrected chi connectivity index (χ3v) is 7.77. The van der Waals surface area contributed by atoms with Crippen LogP contribution in [0.4, 0.5) is 0 Å². The molecule has 0 fully saturated rings. The molecule has 4 nitrogen and oxygen atoms in total. The number of esters is 1. The maximum absolute atomic E-state index is 12.0. The minimum absolute atomic E-state index is 0.123. The highest BCUT2D eigenvalue weighted by Gasteiger charge is 2.22. The number of unbranched alkanes of at least 4 members (excludes halogenated alkanes) is 22. The second-order valence-electron chi connectivity index (χ2n) is 11.7. The molecular formula is C35H66O4. The predicted octanol–water partition coefficient (Wildman–Crippen LogP) is 11.4. The summed E-state index contributed by atoms with van der Waals surface area (Å²) in [4.78, 5) is 23.0. The summed E-state index contributed by atoms with van der Waals surface area (Å²) in [6.45, 7) is 4.60. The highest BCUT2D eigenvalue weighted by Crippen LogP contribution is 2.18. The van der Waals surface area contributed by atoms with E-state index in [1.807, 2.05) is 6.92 Å². The lowest BCUT2D eigenvalue weighted by molar-refractivity contribution is -0.153. The number of allylic oxidation sites excluding steroid dienone is 2.